The normalized spacial score (nSPS) is 11.9. The van der Waals surface area contributed by atoms with Crippen LogP contribution in [-0.4, -0.2) is 4.57 Å². The molecule has 0 bridgehead atoms. The lowest BCUT2D eigenvalue weighted by atomic mass is 10.1. The highest BCUT2D eigenvalue weighted by atomic mass is 79.9. The predicted molar refractivity (Wildman–Crippen MR) is 116 cm³/mol. The summed E-state index contributed by atoms with van der Waals surface area (Å²) >= 11 is 3.77. The molecule has 0 aliphatic rings. The van der Waals surface area contributed by atoms with Gasteiger partial charge in [-0.1, -0.05) is 48.5 Å². The largest absolute Gasteiger partial charge is 0.455 e. The van der Waals surface area contributed by atoms with Crippen LogP contribution in [0.4, 0.5) is 0 Å². The number of halogens is 1. The van der Waals surface area contributed by atoms with Crippen LogP contribution >= 0.6 is 15.9 Å². The van der Waals surface area contributed by atoms with Gasteiger partial charge in [0.25, 0.3) is 0 Å². The van der Waals surface area contributed by atoms with Gasteiger partial charge >= 0.3 is 0 Å². The molecule has 2 aromatic heterocycles. The summed E-state index contributed by atoms with van der Waals surface area (Å²) < 4.78 is 9.71. The smallest absolute Gasteiger partial charge is 0.145 e. The van der Waals surface area contributed by atoms with Crippen LogP contribution in [0.5, 0.6) is 0 Å². The van der Waals surface area contributed by atoms with Gasteiger partial charge in [0.2, 0.25) is 0 Å². The molecular formula is C24H14BrNO. The highest BCUT2D eigenvalue weighted by Crippen LogP contribution is 2.42. The Balaban J connectivity index is 1.91. The van der Waals surface area contributed by atoms with Gasteiger partial charge in [-0.05, 0) is 52.3 Å². The number of aromatic nitrogens is 1. The maximum atomic E-state index is 6.33. The van der Waals surface area contributed by atoms with E-state index in [1.165, 1.54) is 5.39 Å². The number of para-hydroxylation sites is 3. The van der Waals surface area contributed by atoms with Crippen molar-refractivity contribution in [3.05, 3.63) is 89.4 Å². The summed E-state index contributed by atoms with van der Waals surface area (Å²) in [5.41, 5.74) is 5.32. The van der Waals surface area contributed by atoms with Crippen LogP contribution in [0.15, 0.2) is 93.8 Å². The summed E-state index contributed by atoms with van der Waals surface area (Å²) in [4.78, 5) is 0. The summed E-state index contributed by atoms with van der Waals surface area (Å²) in [5, 5.41) is 4.66. The molecule has 0 saturated carbocycles. The average Bonchev–Trinajstić information content (AvgIpc) is 3.25. The van der Waals surface area contributed by atoms with Gasteiger partial charge in [-0.3, -0.25) is 0 Å². The van der Waals surface area contributed by atoms with Crippen molar-refractivity contribution in [2.24, 2.45) is 0 Å². The van der Waals surface area contributed by atoms with Crippen molar-refractivity contribution >= 4 is 59.7 Å². The van der Waals surface area contributed by atoms with E-state index in [2.05, 4.69) is 87.2 Å². The topological polar surface area (TPSA) is 18.1 Å². The molecule has 0 saturated heterocycles. The first kappa shape index (κ1) is 15.1. The highest BCUT2D eigenvalue weighted by molar-refractivity contribution is 9.10. The first-order chi connectivity index (χ1) is 13.3. The van der Waals surface area contributed by atoms with Crippen molar-refractivity contribution in [1.82, 2.24) is 4.57 Å². The monoisotopic (exact) mass is 411 g/mol. The Morgan fingerprint density at radius 2 is 1.44 bits per heavy atom. The van der Waals surface area contributed by atoms with Gasteiger partial charge in [-0.15, -0.1) is 0 Å². The van der Waals surface area contributed by atoms with Gasteiger partial charge in [0, 0.05) is 26.3 Å². The average molecular weight is 412 g/mol. The molecule has 0 amide bonds. The second-order valence-electron chi connectivity index (χ2n) is 6.74. The number of hydrogen-bond acceptors (Lipinski definition) is 1. The van der Waals surface area contributed by atoms with E-state index in [-0.39, 0.29) is 0 Å². The van der Waals surface area contributed by atoms with Crippen molar-refractivity contribution in [1.29, 1.82) is 0 Å². The molecule has 0 unspecified atom stereocenters. The van der Waals surface area contributed by atoms with Crippen LogP contribution in [0.2, 0.25) is 0 Å². The molecule has 6 aromatic rings. The van der Waals surface area contributed by atoms with Crippen molar-refractivity contribution in [2.75, 3.05) is 0 Å². The molecule has 0 fully saturated rings. The van der Waals surface area contributed by atoms with E-state index in [9.17, 15) is 0 Å². The Bertz CT molecular complexity index is 1470. The molecule has 2 nitrogen and oxygen atoms in total. The van der Waals surface area contributed by atoms with E-state index < -0.39 is 0 Å². The third-order valence-electron chi connectivity index (χ3n) is 5.26. The number of rotatable bonds is 1. The van der Waals surface area contributed by atoms with Crippen LogP contribution < -0.4 is 0 Å². The molecule has 0 N–H and O–H groups in total. The molecule has 6 rings (SSSR count). The maximum Gasteiger partial charge on any atom is 0.145 e. The molecular weight excluding hydrogens is 398 g/mol. The van der Waals surface area contributed by atoms with Gasteiger partial charge < -0.3 is 8.98 Å². The second kappa shape index (κ2) is 5.48. The Hall–Kier alpha value is -3.04. The molecule has 0 aliphatic heterocycles. The zero-order valence-electron chi connectivity index (χ0n) is 14.3. The fourth-order valence-corrected chi connectivity index (χ4v) is 4.68. The molecule has 0 radical (unpaired) electrons. The number of furan rings is 1. The summed E-state index contributed by atoms with van der Waals surface area (Å²) in [6, 6.07) is 29.4. The molecule has 0 aliphatic carbocycles. The van der Waals surface area contributed by atoms with Gasteiger partial charge in [0.05, 0.1) is 16.4 Å². The number of fused-ring (bicyclic) bond motifs is 7. The minimum atomic E-state index is 0.926. The molecule has 128 valence electrons. The Morgan fingerprint density at radius 3 is 2.33 bits per heavy atom. The SMILES string of the molecule is Brc1cccc2c3c4oc5ccccc5c4ccc3n(-c3ccccc3)c12. The van der Waals surface area contributed by atoms with Gasteiger partial charge in [0.1, 0.15) is 11.2 Å². The van der Waals surface area contributed by atoms with Crippen LogP contribution in [0.25, 0.3) is 49.4 Å². The number of hydrogen-bond donors (Lipinski definition) is 0. The third kappa shape index (κ3) is 2.00. The van der Waals surface area contributed by atoms with Gasteiger partial charge in [0.15, 0.2) is 0 Å². The second-order valence-corrected chi connectivity index (χ2v) is 7.60. The van der Waals surface area contributed by atoms with E-state index in [0.717, 1.165) is 48.5 Å². The van der Waals surface area contributed by atoms with E-state index in [1.54, 1.807) is 0 Å². The minimum Gasteiger partial charge on any atom is -0.455 e. The van der Waals surface area contributed by atoms with E-state index >= 15 is 0 Å². The van der Waals surface area contributed by atoms with Crippen LogP contribution in [-0.2, 0) is 0 Å². The summed E-state index contributed by atoms with van der Waals surface area (Å²) in [7, 11) is 0. The third-order valence-corrected chi connectivity index (χ3v) is 5.90. The van der Waals surface area contributed by atoms with Crippen molar-refractivity contribution in [3.8, 4) is 5.69 Å². The lowest BCUT2D eigenvalue weighted by Gasteiger charge is -2.08. The Kier molecular flexibility index (Phi) is 3.06. The van der Waals surface area contributed by atoms with Gasteiger partial charge in [-0.25, -0.2) is 0 Å². The van der Waals surface area contributed by atoms with E-state index in [0.29, 0.717) is 0 Å². The van der Waals surface area contributed by atoms with Gasteiger partial charge in [-0.2, -0.15) is 0 Å². The summed E-state index contributed by atoms with van der Waals surface area (Å²) in [6.45, 7) is 0. The van der Waals surface area contributed by atoms with E-state index in [4.69, 9.17) is 4.42 Å². The molecule has 3 heteroatoms. The molecule has 2 heterocycles. The first-order valence-corrected chi connectivity index (χ1v) is 9.70. The summed E-state index contributed by atoms with van der Waals surface area (Å²) in [6.07, 6.45) is 0. The fourth-order valence-electron chi connectivity index (χ4n) is 4.14. The lowest BCUT2D eigenvalue weighted by molar-refractivity contribution is 0.673. The molecule has 0 atom stereocenters. The zero-order chi connectivity index (χ0) is 18.0. The fraction of sp³-hybridized carbons (Fsp3) is 0. The van der Waals surface area contributed by atoms with Crippen molar-refractivity contribution < 1.29 is 4.42 Å². The minimum absolute atomic E-state index is 0.926. The van der Waals surface area contributed by atoms with Crippen LogP contribution in [0, 0.1) is 0 Å². The van der Waals surface area contributed by atoms with Crippen molar-refractivity contribution in [3.63, 3.8) is 0 Å². The summed E-state index contributed by atoms with van der Waals surface area (Å²) in [5.74, 6) is 0. The Morgan fingerprint density at radius 1 is 0.667 bits per heavy atom. The van der Waals surface area contributed by atoms with E-state index in [1.807, 2.05) is 18.2 Å². The molecule has 0 spiro atoms. The maximum absolute atomic E-state index is 6.33. The Labute approximate surface area is 163 Å². The van der Waals surface area contributed by atoms with Crippen LogP contribution in [0.1, 0.15) is 0 Å². The zero-order valence-corrected chi connectivity index (χ0v) is 15.9. The highest BCUT2D eigenvalue weighted by Gasteiger charge is 2.19. The molecule has 4 aromatic carbocycles. The van der Waals surface area contributed by atoms with Crippen molar-refractivity contribution in [2.45, 2.75) is 0 Å². The molecule has 27 heavy (non-hydrogen) atoms. The standard InChI is InChI=1S/C24H14BrNO/c25-19-11-6-10-18-22-20(26(23(18)19)15-7-2-1-3-8-15)14-13-17-16-9-4-5-12-21(16)27-24(17)22/h1-14H. The number of nitrogens with zero attached hydrogens (tertiary/aromatic N) is 1. The predicted octanol–water partition coefficient (Wildman–Crippen LogP) is 7.45. The first-order valence-electron chi connectivity index (χ1n) is 8.91. The quantitative estimate of drug-likeness (QED) is 0.274. The van der Waals surface area contributed by atoms with Crippen LogP contribution in [0.3, 0.4) is 0 Å². The number of benzene rings is 4. The lowest BCUT2D eigenvalue weighted by Crippen LogP contribution is -1.93.